The zero-order chi connectivity index (χ0) is 39.4. The zero-order valence-electron chi connectivity index (χ0n) is 31.3. The molecule has 4 aromatic rings. The van der Waals surface area contributed by atoms with Crippen molar-refractivity contribution >= 4 is 24.0 Å². The molecule has 13 heteroatoms. The van der Waals surface area contributed by atoms with Crippen LogP contribution in [0.1, 0.15) is 59.6 Å². The van der Waals surface area contributed by atoms with E-state index in [4.69, 9.17) is 30.5 Å². The van der Waals surface area contributed by atoms with Gasteiger partial charge in [-0.1, -0.05) is 41.9 Å². The summed E-state index contributed by atoms with van der Waals surface area (Å²) in [5, 5.41) is 31.9. The van der Waals surface area contributed by atoms with Gasteiger partial charge in [-0.2, -0.15) is 5.26 Å². The van der Waals surface area contributed by atoms with Crippen molar-refractivity contribution in [3.8, 4) is 34.4 Å². The fourth-order valence-electron chi connectivity index (χ4n) is 6.46. The maximum atomic E-state index is 11.8. The number of nitriles is 1. The number of aromatic nitrogens is 1. The van der Waals surface area contributed by atoms with Crippen LogP contribution in [0.25, 0.3) is 11.1 Å². The molecule has 1 aliphatic heterocycles. The molecule has 3 N–H and O–H groups in total. The summed E-state index contributed by atoms with van der Waals surface area (Å²) in [5.74, 6) is 0.358. The molecule has 1 aliphatic rings. The number of ether oxygens (including phenoxy) is 4. The van der Waals surface area contributed by atoms with Crippen LogP contribution in [0.4, 0.5) is 0 Å². The van der Waals surface area contributed by atoms with Gasteiger partial charge in [-0.3, -0.25) is 24.8 Å². The number of piperidine rings is 1. The highest BCUT2D eigenvalue weighted by Gasteiger charge is 2.32. The number of aliphatic carboxylic acids is 1. The zero-order valence-corrected chi connectivity index (χ0v) is 32.1. The van der Waals surface area contributed by atoms with E-state index in [1.807, 2.05) is 24.3 Å². The average Bonchev–Trinajstić information content (AvgIpc) is 3.19. The number of carboxylic acid groups (broad SMARTS) is 1. The number of rotatable bonds is 19. The van der Waals surface area contributed by atoms with Crippen molar-refractivity contribution in [2.45, 2.75) is 71.4 Å². The van der Waals surface area contributed by atoms with Gasteiger partial charge in [0.1, 0.15) is 48.2 Å². The Morgan fingerprint density at radius 3 is 2.55 bits per heavy atom. The Balaban J connectivity index is 1.29. The van der Waals surface area contributed by atoms with Gasteiger partial charge < -0.3 is 29.2 Å². The molecule has 1 saturated heterocycles. The van der Waals surface area contributed by atoms with Gasteiger partial charge >= 0.3 is 5.97 Å². The van der Waals surface area contributed by atoms with Crippen molar-refractivity contribution in [2.75, 3.05) is 32.8 Å². The SMILES string of the molecule is Cc1c(COc2cc(OCc3cncc(C#N)c3)c(CN[C@@](C)(CO)C(=O)O)cc2Cl)cccc1-c1cccc(OCCCN2CCC[C@@H](OC=O)C2)c1C. The summed E-state index contributed by atoms with van der Waals surface area (Å²) in [7, 11) is 0. The van der Waals surface area contributed by atoms with E-state index in [0.29, 0.717) is 46.3 Å². The first-order valence-corrected chi connectivity index (χ1v) is 18.6. The van der Waals surface area contributed by atoms with E-state index in [-0.39, 0.29) is 25.9 Å². The van der Waals surface area contributed by atoms with Crippen LogP contribution in [0, 0.1) is 25.2 Å². The van der Waals surface area contributed by atoms with Crippen LogP contribution in [0.2, 0.25) is 5.02 Å². The second-order valence-corrected chi connectivity index (χ2v) is 14.2. The van der Waals surface area contributed by atoms with Gasteiger partial charge in [0.2, 0.25) is 0 Å². The first-order valence-electron chi connectivity index (χ1n) is 18.2. The van der Waals surface area contributed by atoms with E-state index in [0.717, 1.165) is 72.5 Å². The molecule has 2 heterocycles. The third-order valence-electron chi connectivity index (χ3n) is 9.88. The number of carbonyl (C=O) groups is 2. The lowest BCUT2D eigenvalue weighted by Gasteiger charge is -2.31. The monoisotopic (exact) mass is 770 g/mol. The highest BCUT2D eigenvalue weighted by atomic mass is 35.5. The number of aliphatic hydroxyl groups is 1. The molecule has 3 aromatic carbocycles. The number of carbonyl (C=O) groups excluding carboxylic acids is 1. The van der Waals surface area contributed by atoms with Gasteiger partial charge in [0.05, 0.1) is 23.8 Å². The molecule has 290 valence electrons. The largest absolute Gasteiger partial charge is 0.493 e. The number of aliphatic hydroxyl groups excluding tert-OH is 1. The fourth-order valence-corrected chi connectivity index (χ4v) is 6.70. The molecule has 1 fully saturated rings. The van der Waals surface area contributed by atoms with Crippen LogP contribution >= 0.6 is 11.6 Å². The van der Waals surface area contributed by atoms with Crippen molar-refractivity contribution in [1.29, 1.82) is 5.26 Å². The summed E-state index contributed by atoms with van der Waals surface area (Å²) >= 11 is 6.74. The lowest BCUT2D eigenvalue weighted by molar-refractivity contribution is -0.146. The van der Waals surface area contributed by atoms with Crippen LogP contribution in [-0.2, 0) is 34.1 Å². The molecule has 55 heavy (non-hydrogen) atoms. The van der Waals surface area contributed by atoms with Crippen LogP contribution in [-0.4, -0.2) is 77.0 Å². The third-order valence-corrected chi connectivity index (χ3v) is 10.2. The number of pyridine rings is 1. The van der Waals surface area contributed by atoms with Crippen molar-refractivity contribution in [3.05, 3.63) is 105 Å². The quantitative estimate of drug-likeness (QED) is 0.0714. The highest BCUT2D eigenvalue weighted by Crippen LogP contribution is 2.36. The second-order valence-electron chi connectivity index (χ2n) is 13.8. The third kappa shape index (κ3) is 10.7. The molecular weight excluding hydrogens is 724 g/mol. The van der Waals surface area contributed by atoms with Gasteiger partial charge in [0, 0.05) is 49.2 Å². The van der Waals surface area contributed by atoms with Crippen LogP contribution in [0.3, 0.4) is 0 Å². The Hall–Kier alpha value is -5.19. The maximum absolute atomic E-state index is 11.8. The molecule has 0 radical (unpaired) electrons. The number of likely N-dealkylation sites (tertiary alicyclic amines) is 1. The molecule has 5 rings (SSSR count). The van der Waals surface area contributed by atoms with Crippen molar-refractivity contribution in [3.63, 3.8) is 0 Å². The summed E-state index contributed by atoms with van der Waals surface area (Å²) in [6.45, 7) is 8.90. The number of nitrogens with one attached hydrogen (secondary N) is 1. The molecule has 0 saturated carbocycles. The molecule has 0 bridgehead atoms. The number of halogens is 1. The summed E-state index contributed by atoms with van der Waals surface area (Å²) in [6.07, 6.45) is 5.79. The molecule has 12 nitrogen and oxygen atoms in total. The summed E-state index contributed by atoms with van der Waals surface area (Å²) < 4.78 is 23.9. The molecule has 0 amide bonds. The van der Waals surface area contributed by atoms with Gasteiger partial charge in [-0.15, -0.1) is 0 Å². The van der Waals surface area contributed by atoms with Crippen molar-refractivity contribution < 1.29 is 38.7 Å². The number of benzene rings is 3. The Kier molecular flexibility index (Phi) is 14.5. The Morgan fingerprint density at radius 2 is 1.80 bits per heavy atom. The Morgan fingerprint density at radius 1 is 1.04 bits per heavy atom. The fraction of sp³-hybridized carbons (Fsp3) is 0.381. The minimum absolute atomic E-state index is 0.0230. The standard InChI is InChI=1S/C42H47ClN4O8/c1-28-32(8-4-10-35(28)36-11-5-12-38(29(36)2)52-15-7-14-47-13-6-9-34(23-47)55-27-49)25-54-40-18-39(53-24-31-16-30(19-44)20-45-21-31)33(17-37(40)43)22-46-42(3,26-48)41(50)51/h4-5,8,10-12,16-18,20-21,27,34,46,48H,6-7,9,13-15,22-26H2,1-3H3,(H,50,51)/t34-,42+/m1/s1. The average molecular weight is 771 g/mol. The maximum Gasteiger partial charge on any atom is 0.326 e. The lowest BCUT2D eigenvalue weighted by Crippen LogP contribution is -2.52. The predicted octanol–water partition coefficient (Wildman–Crippen LogP) is 6.38. The van der Waals surface area contributed by atoms with Gasteiger partial charge in [0.15, 0.2) is 0 Å². The Labute approximate surface area is 326 Å². The molecule has 0 spiro atoms. The van der Waals surface area contributed by atoms with Gasteiger partial charge in [-0.25, -0.2) is 0 Å². The van der Waals surface area contributed by atoms with Crippen LogP contribution in [0.5, 0.6) is 17.2 Å². The van der Waals surface area contributed by atoms with E-state index in [9.17, 15) is 25.1 Å². The number of carboxylic acids is 1. The Bertz CT molecular complexity index is 2000. The number of hydrogen-bond acceptors (Lipinski definition) is 11. The topological polar surface area (TPSA) is 163 Å². The minimum Gasteiger partial charge on any atom is -0.493 e. The molecule has 0 unspecified atom stereocenters. The van der Waals surface area contributed by atoms with Crippen LogP contribution in [0.15, 0.2) is 67.0 Å². The first-order chi connectivity index (χ1) is 26.5. The van der Waals surface area contributed by atoms with Gasteiger partial charge in [0.25, 0.3) is 6.47 Å². The summed E-state index contributed by atoms with van der Waals surface area (Å²) in [4.78, 5) is 29.0. The van der Waals surface area contributed by atoms with E-state index in [2.05, 4.69) is 47.3 Å². The second kappa shape index (κ2) is 19.4. The van der Waals surface area contributed by atoms with E-state index in [1.54, 1.807) is 24.4 Å². The summed E-state index contributed by atoms with van der Waals surface area (Å²) in [6, 6.07) is 19.2. The summed E-state index contributed by atoms with van der Waals surface area (Å²) in [5.41, 5.74) is 5.13. The van der Waals surface area contributed by atoms with E-state index < -0.39 is 18.1 Å². The molecule has 2 atom stereocenters. The van der Waals surface area contributed by atoms with Crippen molar-refractivity contribution in [2.24, 2.45) is 0 Å². The molecule has 0 aliphatic carbocycles. The highest BCUT2D eigenvalue weighted by molar-refractivity contribution is 6.32. The first kappa shape index (κ1) is 41.0. The predicted molar refractivity (Wildman–Crippen MR) is 207 cm³/mol. The van der Waals surface area contributed by atoms with Crippen molar-refractivity contribution in [1.82, 2.24) is 15.2 Å². The smallest absolute Gasteiger partial charge is 0.326 e. The van der Waals surface area contributed by atoms with Gasteiger partial charge in [-0.05, 0) is 92.6 Å². The number of hydrogen-bond donors (Lipinski definition) is 3. The normalized spacial score (nSPS) is 15.4. The van der Waals surface area contributed by atoms with Crippen LogP contribution < -0.4 is 19.5 Å². The molecular formula is C42H47ClN4O8. The minimum atomic E-state index is -1.59. The van der Waals surface area contributed by atoms with E-state index >= 15 is 0 Å². The lowest BCUT2D eigenvalue weighted by atomic mass is 9.93. The number of nitrogens with zero attached hydrogens (tertiary/aromatic N) is 3. The van der Waals surface area contributed by atoms with E-state index in [1.165, 1.54) is 13.1 Å². The molecule has 1 aromatic heterocycles.